The van der Waals surface area contributed by atoms with E-state index in [0.717, 1.165) is 19.4 Å². The van der Waals surface area contributed by atoms with Gasteiger partial charge in [-0.3, -0.25) is 4.79 Å². The van der Waals surface area contributed by atoms with E-state index in [1.807, 2.05) is 6.92 Å². The zero-order valence-corrected chi connectivity index (χ0v) is 10.9. The second kappa shape index (κ2) is 6.89. The average molecular weight is 226 g/mol. The molecule has 1 amide bonds. The highest BCUT2D eigenvalue weighted by Gasteiger charge is 2.19. The molecule has 1 heterocycles. The van der Waals surface area contributed by atoms with E-state index >= 15 is 0 Å². The molecule has 0 aliphatic carbocycles. The molecule has 1 rings (SSSR count). The molecule has 0 aromatic rings. The quantitative estimate of drug-likeness (QED) is 0.753. The maximum Gasteiger partial charge on any atom is 0.222 e. The Morgan fingerprint density at radius 3 is 2.88 bits per heavy atom. The molecule has 2 N–H and O–H groups in total. The average Bonchev–Trinajstić information content (AvgIpc) is 2.26. The van der Waals surface area contributed by atoms with Crippen molar-refractivity contribution in [2.75, 3.05) is 6.54 Å². The lowest BCUT2D eigenvalue weighted by Gasteiger charge is -2.29. The summed E-state index contributed by atoms with van der Waals surface area (Å²) in [5.74, 6) is 0.368. The Morgan fingerprint density at radius 2 is 2.25 bits per heavy atom. The molecule has 1 saturated heterocycles. The molecule has 3 atom stereocenters. The van der Waals surface area contributed by atoms with Crippen molar-refractivity contribution in [3.8, 4) is 0 Å². The van der Waals surface area contributed by atoms with Crippen LogP contribution in [-0.2, 0) is 4.79 Å². The van der Waals surface area contributed by atoms with E-state index in [-0.39, 0.29) is 11.8 Å². The summed E-state index contributed by atoms with van der Waals surface area (Å²) in [5.41, 5.74) is 0. The first-order valence-electron chi connectivity index (χ1n) is 6.67. The topological polar surface area (TPSA) is 41.1 Å². The van der Waals surface area contributed by atoms with Crippen LogP contribution in [0.2, 0.25) is 0 Å². The predicted molar refractivity (Wildman–Crippen MR) is 67.3 cm³/mol. The molecule has 1 fully saturated rings. The number of piperidine rings is 1. The summed E-state index contributed by atoms with van der Waals surface area (Å²) in [4.78, 5) is 11.7. The fraction of sp³-hybridized carbons (Fsp3) is 0.923. The minimum absolute atomic E-state index is 0.158. The molecular formula is C13H26N2O. The van der Waals surface area contributed by atoms with E-state index in [4.69, 9.17) is 0 Å². The first kappa shape index (κ1) is 13.5. The van der Waals surface area contributed by atoms with Crippen LogP contribution in [0, 0.1) is 5.92 Å². The molecule has 1 aliphatic rings. The van der Waals surface area contributed by atoms with Gasteiger partial charge < -0.3 is 10.6 Å². The smallest absolute Gasteiger partial charge is 0.222 e. The molecule has 94 valence electrons. The summed E-state index contributed by atoms with van der Waals surface area (Å²) in [5, 5.41) is 6.58. The zero-order valence-electron chi connectivity index (χ0n) is 10.9. The molecule has 0 aromatic carbocycles. The van der Waals surface area contributed by atoms with Crippen LogP contribution in [0.15, 0.2) is 0 Å². The van der Waals surface area contributed by atoms with Crippen LogP contribution in [0.1, 0.15) is 52.9 Å². The maximum absolute atomic E-state index is 11.7. The SMILES string of the molecule is CCCC(C)C(=O)NCC1CCCC(C)N1. The molecule has 0 bridgehead atoms. The summed E-state index contributed by atoms with van der Waals surface area (Å²) in [6.07, 6.45) is 5.79. The molecule has 0 saturated carbocycles. The predicted octanol–water partition coefficient (Wildman–Crippen LogP) is 2.07. The van der Waals surface area contributed by atoms with Crippen molar-refractivity contribution in [3.63, 3.8) is 0 Å². The van der Waals surface area contributed by atoms with Gasteiger partial charge in [0.2, 0.25) is 5.91 Å². The largest absolute Gasteiger partial charge is 0.354 e. The lowest BCUT2D eigenvalue weighted by Crippen LogP contribution is -2.48. The number of amides is 1. The second-order valence-electron chi connectivity index (χ2n) is 5.13. The van der Waals surface area contributed by atoms with Crippen molar-refractivity contribution in [1.29, 1.82) is 0 Å². The summed E-state index contributed by atoms with van der Waals surface area (Å²) in [6, 6.07) is 1.07. The van der Waals surface area contributed by atoms with E-state index in [1.54, 1.807) is 0 Å². The van der Waals surface area contributed by atoms with E-state index < -0.39 is 0 Å². The Kier molecular flexibility index (Phi) is 5.81. The fourth-order valence-electron chi connectivity index (χ4n) is 2.36. The number of nitrogens with one attached hydrogen (secondary N) is 2. The van der Waals surface area contributed by atoms with E-state index in [2.05, 4.69) is 24.5 Å². The summed E-state index contributed by atoms with van der Waals surface area (Å²) in [7, 11) is 0. The van der Waals surface area contributed by atoms with Gasteiger partial charge in [0.25, 0.3) is 0 Å². The molecule has 1 aliphatic heterocycles. The summed E-state index contributed by atoms with van der Waals surface area (Å²) >= 11 is 0. The maximum atomic E-state index is 11.7. The molecule has 3 unspecified atom stereocenters. The van der Waals surface area contributed by atoms with Gasteiger partial charge in [0.1, 0.15) is 0 Å². The minimum atomic E-state index is 0.158. The first-order chi connectivity index (χ1) is 7.63. The van der Waals surface area contributed by atoms with Gasteiger partial charge in [0.15, 0.2) is 0 Å². The molecule has 3 nitrogen and oxygen atoms in total. The van der Waals surface area contributed by atoms with Gasteiger partial charge in [-0.15, -0.1) is 0 Å². The van der Waals surface area contributed by atoms with Crippen molar-refractivity contribution in [3.05, 3.63) is 0 Å². The van der Waals surface area contributed by atoms with Crippen LogP contribution < -0.4 is 10.6 Å². The van der Waals surface area contributed by atoms with Gasteiger partial charge in [-0.05, 0) is 26.2 Å². The van der Waals surface area contributed by atoms with Crippen LogP contribution >= 0.6 is 0 Å². The molecule has 0 aromatic heterocycles. The van der Waals surface area contributed by atoms with Crippen molar-refractivity contribution in [2.45, 2.75) is 65.0 Å². The molecule has 0 spiro atoms. The van der Waals surface area contributed by atoms with Gasteiger partial charge in [-0.2, -0.15) is 0 Å². The van der Waals surface area contributed by atoms with Crippen LogP contribution in [0.5, 0.6) is 0 Å². The van der Waals surface area contributed by atoms with Crippen molar-refractivity contribution in [2.24, 2.45) is 5.92 Å². The highest BCUT2D eigenvalue weighted by Crippen LogP contribution is 2.12. The lowest BCUT2D eigenvalue weighted by molar-refractivity contribution is -0.124. The van der Waals surface area contributed by atoms with Crippen LogP contribution in [0.25, 0.3) is 0 Å². The van der Waals surface area contributed by atoms with Crippen molar-refractivity contribution >= 4 is 5.91 Å². The third kappa shape index (κ3) is 4.52. The first-order valence-corrected chi connectivity index (χ1v) is 6.67. The van der Waals surface area contributed by atoms with Gasteiger partial charge >= 0.3 is 0 Å². The van der Waals surface area contributed by atoms with Crippen molar-refractivity contribution in [1.82, 2.24) is 10.6 Å². The number of rotatable bonds is 5. The van der Waals surface area contributed by atoms with Gasteiger partial charge in [-0.25, -0.2) is 0 Å². The van der Waals surface area contributed by atoms with Crippen LogP contribution in [-0.4, -0.2) is 24.5 Å². The van der Waals surface area contributed by atoms with E-state index in [9.17, 15) is 4.79 Å². The minimum Gasteiger partial charge on any atom is -0.354 e. The van der Waals surface area contributed by atoms with E-state index in [1.165, 1.54) is 19.3 Å². The third-order valence-corrected chi connectivity index (χ3v) is 3.40. The van der Waals surface area contributed by atoms with Crippen LogP contribution in [0.3, 0.4) is 0 Å². The summed E-state index contributed by atoms with van der Waals surface area (Å²) < 4.78 is 0. The molecular weight excluding hydrogens is 200 g/mol. The monoisotopic (exact) mass is 226 g/mol. The Labute approximate surface area is 99.4 Å². The Balaban J connectivity index is 2.20. The fourth-order valence-corrected chi connectivity index (χ4v) is 2.36. The van der Waals surface area contributed by atoms with Gasteiger partial charge in [0.05, 0.1) is 0 Å². The Morgan fingerprint density at radius 1 is 1.50 bits per heavy atom. The number of carbonyl (C=O) groups excluding carboxylic acids is 1. The molecule has 0 radical (unpaired) electrons. The highest BCUT2D eigenvalue weighted by molar-refractivity contribution is 5.78. The third-order valence-electron chi connectivity index (χ3n) is 3.40. The Bertz CT molecular complexity index is 218. The van der Waals surface area contributed by atoms with Crippen LogP contribution in [0.4, 0.5) is 0 Å². The van der Waals surface area contributed by atoms with Gasteiger partial charge in [-0.1, -0.05) is 26.7 Å². The second-order valence-corrected chi connectivity index (χ2v) is 5.13. The number of carbonyl (C=O) groups is 1. The number of hydrogen-bond acceptors (Lipinski definition) is 2. The molecule has 16 heavy (non-hydrogen) atoms. The normalized spacial score (nSPS) is 27.4. The van der Waals surface area contributed by atoms with Gasteiger partial charge in [0, 0.05) is 24.5 Å². The molecule has 3 heteroatoms. The standard InChI is InChI=1S/C13H26N2O/c1-4-6-10(2)13(16)14-9-12-8-5-7-11(3)15-12/h10-12,15H,4-9H2,1-3H3,(H,14,16). The zero-order chi connectivity index (χ0) is 12.0. The highest BCUT2D eigenvalue weighted by atomic mass is 16.1. The Hall–Kier alpha value is -0.570. The lowest BCUT2D eigenvalue weighted by atomic mass is 9.99. The number of hydrogen-bond donors (Lipinski definition) is 2. The van der Waals surface area contributed by atoms with E-state index in [0.29, 0.717) is 12.1 Å². The van der Waals surface area contributed by atoms with Crippen molar-refractivity contribution < 1.29 is 4.79 Å². The summed E-state index contributed by atoms with van der Waals surface area (Å²) in [6.45, 7) is 7.13.